The van der Waals surface area contributed by atoms with Gasteiger partial charge in [-0.25, -0.2) is 0 Å². The molecule has 2 rings (SSSR count). The highest BCUT2D eigenvalue weighted by Crippen LogP contribution is 2.26. The number of rotatable bonds is 8. The number of nitrogens with two attached hydrogens (primary N) is 1. The third-order valence-corrected chi connectivity index (χ3v) is 5.08. The molecule has 128 valence electrons. The molecule has 1 amide bonds. The Bertz CT molecular complexity index is 685. The maximum atomic E-state index is 12.2. The molecule has 0 aliphatic heterocycles. The third-order valence-electron chi connectivity index (χ3n) is 3.83. The van der Waals surface area contributed by atoms with Gasteiger partial charge in [0.2, 0.25) is 0 Å². The molecule has 3 N–H and O–H groups in total. The van der Waals surface area contributed by atoms with Gasteiger partial charge in [0.1, 0.15) is 0 Å². The summed E-state index contributed by atoms with van der Waals surface area (Å²) in [7, 11) is 0. The molecule has 0 unspecified atom stereocenters. The van der Waals surface area contributed by atoms with Crippen molar-refractivity contribution >= 4 is 17.7 Å². The van der Waals surface area contributed by atoms with Crippen molar-refractivity contribution in [1.29, 1.82) is 0 Å². The van der Waals surface area contributed by atoms with Gasteiger partial charge in [0, 0.05) is 22.8 Å². The van der Waals surface area contributed by atoms with Crippen molar-refractivity contribution in [3.05, 3.63) is 64.7 Å². The molecule has 0 spiro atoms. The molecule has 0 atom stereocenters. The van der Waals surface area contributed by atoms with Crippen molar-refractivity contribution in [2.45, 2.75) is 37.3 Å². The first-order valence-corrected chi connectivity index (χ1v) is 9.36. The highest BCUT2D eigenvalue weighted by Gasteiger charge is 2.06. The van der Waals surface area contributed by atoms with E-state index in [0.29, 0.717) is 13.1 Å². The molecule has 3 nitrogen and oxygen atoms in total. The first kappa shape index (κ1) is 18.6. The highest BCUT2D eigenvalue weighted by molar-refractivity contribution is 7.98. The lowest BCUT2D eigenvalue weighted by Gasteiger charge is -2.09. The minimum absolute atomic E-state index is 0.00890. The van der Waals surface area contributed by atoms with Crippen LogP contribution >= 0.6 is 11.8 Å². The van der Waals surface area contributed by atoms with Crippen LogP contribution in [0.3, 0.4) is 0 Å². The summed E-state index contributed by atoms with van der Waals surface area (Å²) in [4.78, 5) is 13.5. The van der Waals surface area contributed by atoms with E-state index >= 15 is 0 Å². The number of nitrogens with one attached hydrogen (secondary N) is 1. The fraction of sp³-hybridized carbons (Fsp3) is 0.350. The second-order valence-corrected chi connectivity index (χ2v) is 7.03. The molecular formula is C20H26N2OS. The summed E-state index contributed by atoms with van der Waals surface area (Å²) in [5.74, 6) is 0.850. The van der Waals surface area contributed by atoms with E-state index in [-0.39, 0.29) is 5.91 Å². The number of benzene rings is 2. The Morgan fingerprint density at radius 2 is 1.96 bits per heavy atom. The van der Waals surface area contributed by atoms with E-state index in [4.69, 9.17) is 5.73 Å². The van der Waals surface area contributed by atoms with Crippen LogP contribution in [0.4, 0.5) is 0 Å². The van der Waals surface area contributed by atoms with Crippen molar-refractivity contribution in [3.8, 4) is 0 Å². The van der Waals surface area contributed by atoms with Gasteiger partial charge in [-0.05, 0) is 62.6 Å². The molecule has 24 heavy (non-hydrogen) atoms. The molecule has 2 aromatic carbocycles. The highest BCUT2D eigenvalue weighted by atomic mass is 32.2. The molecule has 0 aliphatic carbocycles. The molecule has 2 aromatic rings. The van der Waals surface area contributed by atoms with Gasteiger partial charge in [-0.3, -0.25) is 4.79 Å². The van der Waals surface area contributed by atoms with E-state index in [1.54, 1.807) is 0 Å². The number of amides is 1. The van der Waals surface area contributed by atoms with Crippen LogP contribution in [0.1, 0.15) is 39.9 Å². The molecule has 0 heterocycles. The lowest BCUT2D eigenvalue weighted by Crippen LogP contribution is -2.24. The lowest BCUT2D eigenvalue weighted by atomic mass is 10.1. The summed E-state index contributed by atoms with van der Waals surface area (Å²) in [6.45, 7) is 5.59. The van der Waals surface area contributed by atoms with E-state index in [0.717, 1.165) is 29.7 Å². The largest absolute Gasteiger partial charge is 0.352 e. The average molecular weight is 343 g/mol. The van der Waals surface area contributed by atoms with Gasteiger partial charge in [-0.1, -0.05) is 29.8 Å². The Labute approximate surface area is 149 Å². The first-order valence-electron chi connectivity index (χ1n) is 8.37. The maximum Gasteiger partial charge on any atom is 0.251 e. The molecule has 0 saturated carbocycles. The van der Waals surface area contributed by atoms with Gasteiger partial charge in [0.15, 0.2) is 0 Å². The first-order chi connectivity index (χ1) is 11.6. The van der Waals surface area contributed by atoms with Crippen molar-refractivity contribution < 1.29 is 4.79 Å². The zero-order valence-corrected chi connectivity index (χ0v) is 15.3. The molecule has 0 aromatic heterocycles. The van der Waals surface area contributed by atoms with Crippen LogP contribution < -0.4 is 11.1 Å². The summed E-state index contributed by atoms with van der Waals surface area (Å²) >= 11 is 1.81. The van der Waals surface area contributed by atoms with Gasteiger partial charge < -0.3 is 11.1 Å². The Balaban J connectivity index is 1.93. The zero-order valence-electron chi connectivity index (χ0n) is 14.5. The van der Waals surface area contributed by atoms with Crippen LogP contribution in [0.2, 0.25) is 0 Å². The van der Waals surface area contributed by atoms with Crippen molar-refractivity contribution in [2.24, 2.45) is 5.73 Å². The fourth-order valence-corrected chi connectivity index (χ4v) is 3.45. The van der Waals surface area contributed by atoms with Gasteiger partial charge >= 0.3 is 0 Å². The van der Waals surface area contributed by atoms with Crippen LogP contribution in [0.25, 0.3) is 0 Å². The number of hydrogen-bond acceptors (Lipinski definition) is 3. The molecular weight excluding hydrogens is 316 g/mol. The molecule has 0 bridgehead atoms. The lowest BCUT2D eigenvalue weighted by molar-refractivity contribution is 0.0953. The van der Waals surface area contributed by atoms with Gasteiger partial charge in [-0.2, -0.15) is 0 Å². The number of carbonyl (C=O) groups excluding carboxylic acids is 1. The SMILES string of the molecule is Cc1ccc(SCc2cccc(C(=O)NCCCCN)c2)c(C)c1. The Kier molecular flexibility index (Phi) is 7.35. The predicted octanol–water partition coefficient (Wildman–Crippen LogP) is 4.06. The van der Waals surface area contributed by atoms with Crippen molar-refractivity contribution in [3.63, 3.8) is 0 Å². The Morgan fingerprint density at radius 3 is 2.71 bits per heavy atom. The number of hydrogen-bond donors (Lipinski definition) is 2. The monoisotopic (exact) mass is 342 g/mol. The van der Waals surface area contributed by atoms with Gasteiger partial charge in [0.05, 0.1) is 0 Å². The van der Waals surface area contributed by atoms with Crippen molar-refractivity contribution in [2.75, 3.05) is 13.1 Å². The van der Waals surface area contributed by atoms with Gasteiger partial charge in [-0.15, -0.1) is 11.8 Å². The predicted molar refractivity (Wildman–Crippen MR) is 103 cm³/mol. The normalized spacial score (nSPS) is 10.6. The second-order valence-electron chi connectivity index (χ2n) is 6.01. The summed E-state index contributed by atoms with van der Waals surface area (Å²) in [5.41, 5.74) is 9.93. The molecule has 4 heteroatoms. The molecule has 0 fully saturated rings. The zero-order chi connectivity index (χ0) is 17.4. The van der Waals surface area contributed by atoms with Crippen LogP contribution in [0.5, 0.6) is 0 Å². The summed E-state index contributed by atoms with van der Waals surface area (Å²) in [6.07, 6.45) is 1.86. The van der Waals surface area contributed by atoms with Crippen LogP contribution in [-0.4, -0.2) is 19.0 Å². The minimum Gasteiger partial charge on any atom is -0.352 e. The van der Waals surface area contributed by atoms with E-state index in [1.807, 2.05) is 30.0 Å². The Morgan fingerprint density at radius 1 is 1.12 bits per heavy atom. The number of aryl methyl sites for hydroxylation is 2. The summed E-state index contributed by atoms with van der Waals surface area (Å²) in [6, 6.07) is 14.4. The Hall–Kier alpha value is -1.78. The smallest absolute Gasteiger partial charge is 0.251 e. The van der Waals surface area contributed by atoms with Crippen molar-refractivity contribution in [1.82, 2.24) is 5.32 Å². The maximum absolute atomic E-state index is 12.2. The quantitative estimate of drug-likeness (QED) is 0.562. The third kappa shape index (κ3) is 5.69. The van der Waals surface area contributed by atoms with E-state index < -0.39 is 0 Å². The molecule has 0 saturated heterocycles. The van der Waals surface area contributed by atoms with E-state index in [9.17, 15) is 4.79 Å². The van der Waals surface area contributed by atoms with Crippen LogP contribution in [-0.2, 0) is 5.75 Å². The van der Waals surface area contributed by atoms with Gasteiger partial charge in [0.25, 0.3) is 5.91 Å². The van der Waals surface area contributed by atoms with E-state index in [2.05, 4.69) is 43.4 Å². The van der Waals surface area contributed by atoms with E-state index in [1.165, 1.54) is 16.0 Å². The topological polar surface area (TPSA) is 55.1 Å². The number of carbonyl (C=O) groups is 1. The summed E-state index contributed by atoms with van der Waals surface area (Å²) < 4.78 is 0. The summed E-state index contributed by atoms with van der Waals surface area (Å²) in [5, 5.41) is 2.95. The standard InChI is InChI=1S/C20H26N2OS/c1-15-8-9-19(16(2)12-15)24-14-17-6-5-7-18(13-17)20(23)22-11-4-3-10-21/h5-9,12-13H,3-4,10-11,14,21H2,1-2H3,(H,22,23). The van der Waals surface area contributed by atoms with Crippen LogP contribution in [0, 0.1) is 13.8 Å². The number of thioether (sulfide) groups is 1. The average Bonchev–Trinajstić information content (AvgIpc) is 2.58. The number of unbranched alkanes of at least 4 members (excludes halogenated alkanes) is 1. The molecule has 0 aliphatic rings. The fourth-order valence-electron chi connectivity index (χ4n) is 2.50. The van der Waals surface area contributed by atoms with Crippen LogP contribution in [0.15, 0.2) is 47.4 Å². The molecule has 0 radical (unpaired) electrons. The minimum atomic E-state index is -0.00890. The second kappa shape index (κ2) is 9.50.